The minimum atomic E-state index is 0.255. The van der Waals surface area contributed by atoms with Crippen molar-refractivity contribution in [3.63, 3.8) is 0 Å². The van der Waals surface area contributed by atoms with Crippen LogP contribution in [0, 0.1) is 17.3 Å². The van der Waals surface area contributed by atoms with Gasteiger partial charge in [0.2, 0.25) is 0 Å². The molecule has 0 saturated heterocycles. The summed E-state index contributed by atoms with van der Waals surface area (Å²) >= 11 is 0. The second-order valence-corrected chi connectivity index (χ2v) is 8.56. The number of rotatable bonds is 5. The van der Waals surface area contributed by atoms with Gasteiger partial charge in [-0.2, -0.15) is 0 Å². The van der Waals surface area contributed by atoms with E-state index in [-0.39, 0.29) is 5.54 Å². The Morgan fingerprint density at radius 2 is 1.55 bits per heavy atom. The molecule has 1 rings (SSSR count). The maximum atomic E-state index is 6.13. The van der Waals surface area contributed by atoms with Crippen LogP contribution in [0.4, 0.5) is 0 Å². The summed E-state index contributed by atoms with van der Waals surface area (Å²) < 4.78 is 0. The van der Waals surface area contributed by atoms with E-state index in [0.717, 1.165) is 18.4 Å². The number of nitrogens with two attached hydrogens (primary N) is 1. The monoisotopic (exact) mass is 282 g/mol. The molecule has 0 amide bonds. The number of hydrogen-bond donors (Lipinski definition) is 1. The molecular weight excluding hydrogens is 244 g/mol. The summed E-state index contributed by atoms with van der Waals surface area (Å²) in [6, 6.07) is 0.547. The van der Waals surface area contributed by atoms with Crippen LogP contribution in [0.1, 0.15) is 73.6 Å². The van der Waals surface area contributed by atoms with Gasteiger partial charge in [-0.25, -0.2) is 0 Å². The minimum Gasteiger partial charge on any atom is -0.329 e. The van der Waals surface area contributed by atoms with Gasteiger partial charge in [0.05, 0.1) is 0 Å². The maximum Gasteiger partial charge on any atom is 0.0248 e. The molecule has 120 valence electrons. The second kappa shape index (κ2) is 6.79. The summed E-state index contributed by atoms with van der Waals surface area (Å²) in [7, 11) is 2.27. The van der Waals surface area contributed by atoms with Crippen molar-refractivity contribution in [2.75, 3.05) is 13.6 Å². The molecule has 0 bridgehead atoms. The van der Waals surface area contributed by atoms with Gasteiger partial charge in [0.25, 0.3) is 0 Å². The molecule has 20 heavy (non-hydrogen) atoms. The molecule has 1 aliphatic rings. The summed E-state index contributed by atoms with van der Waals surface area (Å²) in [6.45, 7) is 14.9. The third-order valence-electron chi connectivity index (χ3n) is 6.10. The fraction of sp³-hybridized carbons (Fsp3) is 1.00. The lowest BCUT2D eigenvalue weighted by molar-refractivity contribution is 0.0379. The molecule has 1 saturated carbocycles. The molecule has 1 unspecified atom stereocenters. The Kier molecular flexibility index (Phi) is 6.10. The number of nitrogens with zero attached hydrogens (tertiary/aromatic N) is 1. The lowest BCUT2D eigenvalue weighted by Crippen LogP contribution is -2.53. The average molecular weight is 283 g/mol. The van der Waals surface area contributed by atoms with Crippen LogP contribution in [0.3, 0.4) is 0 Å². The van der Waals surface area contributed by atoms with Crippen LogP contribution in [0.15, 0.2) is 0 Å². The highest BCUT2D eigenvalue weighted by molar-refractivity contribution is 4.91. The summed E-state index contributed by atoms with van der Waals surface area (Å²) in [5.74, 6) is 1.68. The van der Waals surface area contributed by atoms with Gasteiger partial charge in [0.15, 0.2) is 0 Å². The zero-order chi connectivity index (χ0) is 15.6. The van der Waals surface area contributed by atoms with E-state index in [9.17, 15) is 0 Å². The van der Waals surface area contributed by atoms with Gasteiger partial charge in [-0.3, -0.25) is 4.90 Å². The van der Waals surface area contributed by atoms with E-state index in [1.54, 1.807) is 0 Å². The van der Waals surface area contributed by atoms with Crippen LogP contribution in [0.2, 0.25) is 0 Å². The molecule has 2 nitrogen and oxygen atoms in total. The Morgan fingerprint density at radius 3 is 1.90 bits per heavy atom. The fourth-order valence-corrected chi connectivity index (χ4v) is 3.74. The van der Waals surface area contributed by atoms with Gasteiger partial charge in [-0.15, -0.1) is 0 Å². The first-order valence-corrected chi connectivity index (χ1v) is 8.56. The van der Waals surface area contributed by atoms with Crippen LogP contribution in [0.5, 0.6) is 0 Å². The van der Waals surface area contributed by atoms with Crippen LogP contribution >= 0.6 is 0 Å². The topological polar surface area (TPSA) is 29.3 Å². The zero-order valence-corrected chi connectivity index (χ0v) is 15.0. The first kappa shape index (κ1) is 18.0. The molecule has 0 heterocycles. The Bertz CT molecular complexity index is 282. The predicted octanol–water partition coefficient (Wildman–Crippen LogP) is 4.29. The van der Waals surface area contributed by atoms with E-state index >= 15 is 0 Å². The molecule has 1 atom stereocenters. The van der Waals surface area contributed by atoms with Crippen molar-refractivity contribution in [1.29, 1.82) is 0 Å². The van der Waals surface area contributed by atoms with Crippen molar-refractivity contribution in [3.8, 4) is 0 Å². The largest absolute Gasteiger partial charge is 0.329 e. The van der Waals surface area contributed by atoms with Gasteiger partial charge in [0, 0.05) is 18.1 Å². The van der Waals surface area contributed by atoms with Gasteiger partial charge in [-0.05, 0) is 70.3 Å². The smallest absolute Gasteiger partial charge is 0.0248 e. The molecule has 0 aromatic heterocycles. The lowest BCUT2D eigenvalue weighted by Gasteiger charge is -2.46. The summed E-state index contributed by atoms with van der Waals surface area (Å²) in [5.41, 5.74) is 6.86. The first-order valence-electron chi connectivity index (χ1n) is 8.56. The number of likely N-dealkylation sites (N-methyl/N-ethyl adjacent to an activating group) is 1. The molecule has 2 N–H and O–H groups in total. The van der Waals surface area contributed by atoms with Gasteiger partial charge in [-0.1, -0.05) is 27.7 Å². The average Bonchev–Trinajstić information content (AvgIpc) is 2.39. The Labute approximate surface area is 127 Å². The fourth-order valence-electron chi connectivity index (χ4n) is 3.74. The SMILES string of the molecule is CCC(C)(C)N(C)C(CN)C1CCC(C(C)(C)C)CC1. The number of hydrogen-bond acceptors (Lipinski definition) is 2. The molecule has 0 radical (unpaired) electrons. The molecule has 0 spiro atoms. The summed E-state index contributed by atoms with van der Waals surface area (Å²) in [6.07, 6.45) is 6.65. The van der Waals surface area contributed by atoms with E-state index < -0.39 is 0 Å². The minimum absolute atomic E-state index is 0.255. The highest BCUT2D eigenvalue weighted by Gasteiger charge is 2.36. The Balaban J connectivity index is 2.66. The third-order valence-corrected chi connectivity index (χ3v) is 6.10. The van der Waals surface area contributed by atoms with Gasteiger partial charge in [0.1, 0.15) is 0 Å². The predicted molar refractivity (Wildman–Crippen MR) is 89.9 cm³/mol. The normalized spacial score (nSPS) is 26.9. The van der Waals surface area contributed by atoms with Crippen LogP contribution in [-0.4, -0.2) is 30.1 Å². The van der Waals surface area contributed by atoms with Crippen LogP contribution in [0.25, 0.3) is 0 Å². The van der Waals surface area contributed by atoms with Crippen LogP contribution < -0.4 is 5.73 Å². The molecule has 0 aliphatic heterocycles. The van der Waals surface area contributed by atoms with E-state index in [1.165, 1.54) is 32.1 Å². The molecule has 0 aromatic carbocycles. The van der Waals surface area contributed by atoms with Crippen molar-refractivity contribution < 1.29 is 0 Å². The summed E-state index contributed by atoms with van der Waals surface area (Å²) in [4.78, 5) is 2.55. The van der Waals surface area contributed by atoms with E-state index in [1.807, 2.05) is 0 Å². The van der Waals surface area contributed by atoms with Crippen LogP contribution in [-0.2, 0) is 0 Å². The first-order chi connectivity index (χ1) is 9.13. The van der Waals surface area contributed by atoms with Gasteiger partial charge < -0.3 is 5.73 Å². The molecule has 1 aliphatic carbocycles. The van der Waals surface area contributed by atoms with Crippen molar-refractivity contribution >= 4 is 0 Å². The van der Waals surface area contributed by atoms with Crippen molar-refractivity contribution in [1.82, 2.24) is 4.90 Å². The highest BCUT2D eigenvalue weighted by atomic mass is 15.2. The van der Waals surface area contributed by atoms with E-state index in [4.69, 9.17) is 5.73 Å². The van der Waals surface area contributed by atoms with Crippen molar-refractivity contribution in [2.45, 2.75) is 85.2 Å². The van der Waals surface area contributed by atoms with Crippen molar-refractivity contribution in [2.24, 2.45) is 23.0 Å². The Morgan fingerprint density at radius 1 is 1.05 bits per heavy atom. The quantitative estimate of drug-likeness (QED) is 0.815. The van der Waals surface area contributed by atoms with E-state index in [2.05, 4.69) is 53.5 Å². The maximum absolute atomic E-state index is 6.13. The molecule has 1 fully saturated rings. The molecular formula is C18H38N2. The zero-order valence-electron chi connectivity index (χ0n) is 15.0. The third kappa shape index (κ3) is 4.21. The highest BCUT2D eigenvalue weighted by Crippen LogP contribution is 2.41. The molecule has 0 aromatic rings. The van der Waals surface area contributed by atoms with Crippen molar-refractivity contribution in [3.05, 3.63) is 0 Å². The molecule has 2 heteroatoms. The Hall–Kier alpha value is -0.0800. The lowest BCUT2D eigenvalue weighted by atomic mass is 9.68. The van der Waals surface area contributed by atoms with E-state index in [0.29, 0.717) is 11.5 Å². The second-order valence-electron chi connectivity index (χ2n) is 8.56. The van der Waals surface area contributed by atoms with Gasteiger partial charge >= 0.3 is 0 Å². The standard InChI is InChI=1S/C18H38N2/c1-8-18(5,6)20(7)16(13-19)14-9-11-15(12-10-14)17(2,3)4/h14-16H,8-13,19H2,1-7H3. The summed E-state index contributed by atoms with van der Waals surface area (Å²) in [5, 5.41) is 0.